The lowest BCUT2D eigenvalue weighted by molar-refractivity contribution is 0.0519. The first-order valence-electron chi connectivity index (χ1n) is 16.8. The van der Waals surface area contributed by atoms with Crippen molar-refractivity contribution in [2.45, 2.75) is 110 Å². The molecule has 0 aromatic heterocycles. The molecule has 12 heteroatoms. The number of benzene rings is 2. The topological polar surface area (TPSA) is 153 Å². The van der Waals surface area contributed by atoms with Gasteiger partial charge in [-0.05, 0) is 104 Å². The van der Waals surface area contributed by atoms with Gasteiger partial charge < -0.3 is 40.2 Å². The summed E-state index contributed by atoms with van der Waals surface area (Å²) in [4.78, 5) is 51.1. The highest BCUT2D eigenvalue weighted by Crippen LogP contribution is 2.44. The number of amides is 4. The van der Waals surface area contributed by atoms with Gasteiger partial charge in [0.15, 0.2) is 0 Å². The number of alkyl carbamates (subject to hydrolysis) is 4. The Kier molecular flexibility index (Phi) is 12.9. The highest BCUT2D eigenvalue weighted by atomic mass is 16.6. The third-order valence-corrected chi connectivity index (χ3v) is 7.53. The molecule has 4 N–H and O–H groups in total. The third kappa shape index (κ3) is 13.2. The second-order valence-corrected chi connectivity index (χ2v) is 15.3. The zero-order valence-corrected chi connectivity index (χ0v) is 30.4. The van der Waals surface area contributed by atoms with Crippen LogP contribution in [0.1, 0.15) is 98.6 Å². The number of ether oxygens (including phenoxy) is 4. The van der Waals surface area contributed by atoms with Crippen molar-refractivity contribution < 1.29 is 38.1 Å². The number of nitrogens with one attached hydrogen (secondary N) is 4. The predicted molar refractivity (Wildman–Crippen MR) is 187 cm³/mol. The highest BCUT2D eigenvalue weighted by molar-refractivity contribution is 5.79. The number of rotatable bonds is 12. The van der Waals surface area contributed by atoms with Crippen molar-refractivity contribution in [3.63, 3.8) is 0 Å². The smallest absolute Gasteiger partial charge is 0.407 e. The monoisotopic (exact) mass is 682 g/mol. The first-order chi connectivity index (χ1) is 22.8. The average molecular weight is 683 g/mol. The van der Waals surface area contributed by atoms with Crippen LogP contribution < -0.4 is 21.3 Å². The molecular weight excluding hydrogens is 628 g/mol. The molecule has 0 fully saturated rings. The molecule has 3 rings (SSSR count). The van der Waals surface area contributed by atoms with Gasteiger partial charge in [-0.25, -0.2) is 19.2 Å². The standard InChI is InChI=1S/C37H54N4O8/c1-34(2,3)47-30(42)38-21-18-37(19-22-39-31(43)48-35(4,5)6,20-23-40-32(44)49-36(7,8)9)41-33(45)46-24-29-27-16-12-10-14-25(27)26-15-11-13-17-28(26)29/h10-17,29H,18-24H2,1-9H3,(H,38,42)(H,39,43)(H,40,44)(H,41,45). The summed E-state index contributed by atoms with van der Waals surface area (Å²) in [5.41, 5.74) is 1.22. The van der Waals surface area contributed by atoms with E-state index in [2.05, 4.69) is 33.4 Å². The summed E-state index contributed by atoms with van der Waals surface area (Å²) in [7, 11) is 0. The summed E-state index contributed by atoms with van der Waals surface area (Å²) in [6.45, 7) is 16.3. The summed E-state index contributed by atoms with van der Waals surface area (Å²) in [6.07, 6.45) is -1.83. The van der Waals surface area contributed by atoms with Crippen LogP contribution in [0.25, 0.3) is 11.1 Å². The minimum absolute atomic E-state index is 0.0957. The van der Waals surface area contributed by atoms with Gasteiger partial charge >= 0.3 is 24.4 Å². The van der Waals surface area contributed by atoms with Crippen LogP contribution in [0, 0.1) is 0 Å². The molecule has 0 saturated heterocycles. The maximum absolute atomic E-state index is 13.6. The zero-order valence-electron chi connectivity index (χ0n) is 30.4. The molecule has 270 valence electrons. The van der Waals surface area contributed by atoms with Gasteiger partial charge in [0.05, 0.1) is 0 Å². The Labute approximate surface area is 290 Å². The van der Waals surface area contributed by atoms with Crippen LogP contribution in [-0.2, 0) is 18.9 Å². The summed E-state index contributed by atoms with van der Waals surface area (Å²) in [5.74, 6) is -0.149. The lowest BCUT2D eigenvalue weighted by Gasteiger charge is -2.35. The Hall–Kier alpha value is -4.48. The van der Waals surface area contributed by atoms with E-state index in [-0.39, 0.29) is 51.4 Å². The summed E-state index contributed by atoms with van der Waals surface area (Å²) >= 11 is 0. The molecule has 0 aliphatic heterocycles. The first kappa shape index (κ1) is 39.0. The van der Waals surface area contributed by atoms with Crippen LogP contribution in [0.3, 0.4) is 0 Å². The second kappa shape index (κ2) is 16.3. The molecule has 1 aliphatic rings. The molecule has 0 spiro atoms. The first-order valence-corrected chi connectivity index (χ1v) is 16.8. The van der Waals surface area contributed by atoms with Gasteiger partial charge in [-0.2, -0.15) is 0 Å². The largest absolute Gasteiger partial charge is 0.449 e. The fourth-order valence-corrected chi connectivity index (χ4v) is 5.57. The van der Waals surface area contributed by atoms with Crippen LogP contribution in [0.15, 0.2) is 48.5 Å². The SMILES string of the molecule is CC(C)(C)OC(=O)NCCC(CCNC(=O)OC(C)(C)C)(CCNC(=O)OC(C)(C)C)NC(=O)OCC1c2ccccc2-c2ccccc21. The van der Waals surface area contributed by atoms with E-state index in [1.807, 2.05) is 36.4 Å². The van der Waals surface area contributed by atoms with Gasteiger partial charge in [0.25, 0.3) is 0 Å². The minimum atomic E-state index is -1.05. The van der Waals surface area contributed by atoms with Crippen molar-refractivity contribution in [2.24, 2.45) is 0 Å². The maximum atomic E-state index is 13.6. The molecule has 0 unspecified atom stereocenters. The summed E-state index contributed by atoms with van der Waals surface area (Å²) < 4.78 is 22.1. The number of carbonyl (C=O) groups excluding carboxylic acids is 4. The molecule has 0 radical (unpaired) electrons. The van der Waals surface area contributed by atoms with Gasteiger partial charge in [0.2, 0.25) is 0 Å². The maximum Gasteiger partial charge on any atom is 0.407 e. The molecular formula is C37H54N4O8. The Morgan fingerprint density at radius 2 is 0.898 bits per heavy atom. The van der Waals surface area contributed by atoms with Gasteiger partial charge in [0, 0.05) is 31.1 Å². The Bertz CT molecular complexity index is 1330. The van der Waals surface area contributed by atoms with Crippen LogP contribution in [0.5, 0.6) is 0 Å². The van der Waals surface area contributed by atoms with Crippen LogP contribution in [0.2, 0.25) is 0 Å². The normalized spacial score (nSPS) is 13.0. The van der Waals surface area contributed by atoms with Gasteiger partial charge in [-0.3, -0.25) is 0 Å². The fraction of sp³-hybridized carbons (Fsp3) is 0.568. The number of carbonyl (C=O) groups is 4. The Balaban J connectivity index is 1.80. The molecule has 12 nitrogen and oxygen atoms in total. The van der Waals surface area contributed by atoms with Crippen molar-refractivity contribution in [3.8, 4) is 11.1 Å². The fourth-order valence-electron chi connectivity index (χ4n) is 5.57. The van der Waals surface area contributed by atoms with E-state index < -0.39 is 46.7 Å². The zero-order chi connectivity index (χ0) is 36.5. The minimum Gasteiger partial charge on any atom is -0.449 e. The molecule has 2 aromatic carbocycles. The average Bonchev–Trinajstić information content (AvgIpc) is 3.27. The summed E-state index contributed by atoms with van der Waals surface area (Å²) in [5, 5.41) is 11.3. The molecule has 0 bridgehead atoms. The highest BCUT2D eigenvalue weighted by Gasteiger charge is 2.35. The molecule has 0 heterocycles. The van der Waals surface area contributed by atoms with E-state index in [0.29, 0.717) is 0 Å². The lowest BCUT2D eigenvalue weighted by atomic mass is 9.87. The lowest BCUT2D eigenvalue weighted by Crippen LogP contribution is -2.54. The second-order valence-electron chi connectivity index (χ2n) is 15.3. The van der Waals surface area contributed by atoms with E-state index in [1.165, 1.54) is 0 Å². The Morgan fingerprint density at radius 3 is 1.24 bits per heavy atom. The number of fused-ring (bicyclic) bond motifs is 3. The van der Waals surface area contributed by atoms with E-state index >= 15 is 0 Å². The molecule has 2 aromatic rings. The van der Waals surface area contributed by atoms with E-state index in [1.54, 1.807) is 62.3 Å². The van der Waals surface area contributed by atoms with E-state index in [4.69, 9.17) is 18.9 Å². The van der Waals surface area contributed by atoms with Crippen LogP contribution in [-0.4, -0.2) is 73.0 Å². The van der Waals surface area contributed by atoms with E-state index in [0.717, 1.165) is 22.3 Å². The van der Waals surface area contributed by atoms with Crippen LogP contribution >= 0.6 is 0 Å². The van der Waals surface area contributed by atoms with Gasteiger partial charge in [-0.1, -0.05) is 48.5 Å². The molecule has 0 atom stereocenters. The van der Waals surface area contributed by atoms with Gasteiger partial charge in [-0.15, -0.1) is 0 Å². The van der Waals surface area contributed by atoms with Crippen molar-refractivity contribution in [1.29, 1.82) is 0 Å². The molecule has 0 saturated carbocycles. The number of hydrogen-bond acceptors (Lipinski definition) is 8. The van der Waals surface area contributed by atoms with Crippen molar-refractivity contribution >= 4 is 24.4 Å². The van der Waals surface area contributed by atoms with E-state index in [9.17, 15) is 19.2 Å². The molecule has 1 aliphatic carbocycles. The van der Waals surface area contributed by atoms with Crippen molar-refractivity contribution in [2.75, 3.05) is 26.2 Å². The molecule has 49 heavy (non-hydrogen) atoms. The third-order valence-electron chi connectivity index (χ3n) is 7.53. The van der Waals surface area contributed by atoms with Crippen molar-refractivity contribution in [1.82, 2.24) is 21.3 Å². The quantitative estimate of drug-likeness (QED) is 0.175. The summed E-state index contributed by atoms with van der Waals surface area (Å²) in [6, 6.07) is 16.1. The Morgan fingerprint density at radius 1 is 0.551 bits per heavy atom. The predicted octanol–water partition coefficient (Wildman–Crippen LogP) is 7.01. The molecule has 4 amide bonds. The van der Waals surface area contributed by atoms with Crippen LogP contribution in [0.4, 0.5) is 19.2 Å². The number of hydrogen-bond donors (Lipinski definition) is 4. The van der Waals surface area contributed by atoms with Crippen molar-refractivity contribution in [3.05, 3.63) is 59.7 Å². The van der Waals surface area contributed by atoms with Gasteiger partial charge in [0.1, 0.15) is 23.4 Å².